The molecule has 3 rings (SSSR count). The summed E-state index contributed by atoms with van der Waals surface area (Å²) in [5, 5.41) is 13.3. The Morgan fingerprint density at radius 2 is 2.18 bits per heavy atom. The number of rotatable bonds is 6. The fraction of sp³-hybridized carbons (Fsp3) is 0.562. The Morgan fingerprint density at radius 1 is 1.27 bits per heavy atom. The number of nitrogens with zero attached hydrogens (tertiary/aromatic N) is 3. The molecule has 6 heteroatoms. The highest BCUT2D eigenvalue weighted by Crippen LogP contribution is 2.19. The van der Waals surface area contributed by atoms with Gasteiger partial charge in [-0.2, -0.15) is 0 Å². The zero-order chi connectivity index (χ0) is 15.4. The van der Waals surface area contributed by atoms with E-state index in [2.05, 4.69) is 15.0 Å². The molecule has 2 aromatic rings. The summed E-state index contributed by atoms with van der Waals surface area (Å²) in [4.78, 5) is 4.76. The Hall–Kier alpha value is -1.63. The van der Waals surface area contributed by atoms with Crippen LogP contribution < -0.4 is 0 Å². The van der Waals surface area contributed by atoms with Crippen molar-refractivity contribution in [3.8, 4) is 0 Å². The predicted octanol–water partition coefficient (Wildman–Crippen LogP) is 1.64. The van der Waals surface area contributed by atoms with Gasteiger partial charge in [0.25, 0.3) is 0 Å². The molecule has 1 aliphatic heterocycles. The lowest BCUT2D eigenvalue weighted by molar-refractivity contribution is 0.0444. The second-order valence-electron chi connectivity index (χ2n) is 5.87. The second-order valence-corrected chi connectivity index (χ2v) is 5.87. The molecule has 6 nitrogen and oxygen atoms in total. The monoisotopic (exact) mass is 305 g/mol. The fourth-order valence-electron chi connectivity index (χ4n) is 3.05. The number of aliphatic hydroxyl groups excluding tert-OH is 1. The SMILES string of the molecule is Cc1ccc(CN2CCN(Cc3ccon3)CC2CCO)o1. The number of aliphatic hydroxyl groups is 1. The van der Waals surface area contributed by atoms with Crippen LogP contribution in [-0.2, 0) is 13.1 Å². The Balaban J connectivity index is 1.60. The molecule has 0 radical (unpaired) electrons. The maximum atomic E-state index is 9.35. The molecule has 0 saturated carbocycles. The molecule has 1 N–H and O–H groups in total. The van der Waals surface area contributed by atoms with Gasteiger partial charge in [-0.3, -0.25) is 9.80 Å². The Kier molecular flexibility index (Phi) is 4.92. The molecule has 1 aliphatic rings. The van der Waals surface area contributed by atoms with E-state index in [1.165, 1.54) is 0 Å². The van der Waals surface area contributed by atoms with Gasteiger partial charge in [0.2, 0.25) is 0 Å². The first-order valence-corrected chi connectivity index (χ1v) is 7.76. The van der Waals surface area contributed by atoms with Gasteiger partial charge in [-0.1, -0.05) is 5.16 Å². The molecule has 0 amide bonds. The molecule has 3 heterocycles. The van der Waals surface area contributed by atoms with Gasteiger partial charge in [-0.25, -0.2) is 0 Å². The van der Waals surface area contributed by atoms with Crippen LogP contribution in [0.2, 0.25) is 0 Å². The van der Waals surface area contributed by atoms with Crippen molar-refractivity contribution in [2.75, 3.05) is 26.2 Å². The molecule has 0 spiro atoms. The molecule has 0 bridgehead atoms. The molecule has 1 atom stereocenters. The van der Waals surface area contributed by atoms with Gasteiger partial charge < -0.3 is 14.0 Å². The van der Waals surface area contributed by atoms with Crippen molar-refractivity contribution >= 4 is 0 Å². The number of hydrogen-bond acceptors (Lipinski definition) is 6. The van der Waals surface area contributed by atoms with E-state index in [0.717, 1.165) is 56.4 Å². The van der Waals surface area contributed by atoms with Crippen LogP contribution in [0, 0.1) is 6.92 Å². The van der Waals surface area contributed by atoms with E-state index in [0.29, 0.717) is 6.04 Å². The van der Waals surface area contributed by atoms with Crippen LogP contribution in [-0.4, -0.2) is 52.3 Å². The van der Waals surface area contributed by atoms with Gasteiger partial charge in [0.1, 0.15) is 17.8 Å². The highest BCUT2D eigenvalue weighted by Gasteiger charge is 2.27. The number of piperazine rings is 1. The van der Waals surface area contributed by atoms with Crippen LogP contribution in [0.15, 0.2) is 33.4 Å². The summed E-state index contributed by atoms with van der Waals surface area (Å²) in [5.41, 5.74) is 0.956. The van der Waals surface area contributed by atoms with Crippen LogP contribution in [0.3, 0.4) is 0 Å². The molecule has 0 aliphatic carbocycles. The van der Waals surface area contributed by atoms with Crippen molar-refractivity contribution in [3.63, 3.8) is 0 Å². The van der Waals surface area contributed by atoms with Gasteiger partial charge in [0, 0.05) is 44.9 Å². The van der Waals surface area contributed by atoms with Gasteiger partial charge >= 0.3 is 0 Å². The predicted molar refractivity (Wildman–Crippen MR) is 81.1 cm³/mol. The van der Waals surface area contributed by atoms with E-state index in [1.54, 1.807) is 6.26 Å². The van der Waals surface area contributed by atoms with Crippen molar-refractivity contribution < 1.29 is 14.0 Å². The lowest BCUT2D eigenvalue weighted by Crippen LogP contribution is -2.52. The first-order valence-electron chi connectivity index (χ1n) is 7.76. The topological polar surface area (TPSA) is 65.9 Å². The minimum absolute atomic E-state index is 0.205. The fourth-order valence-corrected chi connectivity index (χ4v) is 3.05. The van der Waals surface area contributed by atoms with Crippen LogP contribution >= 0.6 is 0 Å². The normalized spacial score (nSPS) is 20.5. The molecule has 0 aromatic carbocycles. The lowest BCUT2D eigenvalue weighted by Gasteiger charge is -2.40. The van der Waals surface area contributed by atoms with E-state index in [9.17, 15) is 5.11 Å². The largest absolute Gasteiger partial charge is 0.465 e. The van der Waals surface area contributed by atoms with Gasteiger partial charge in [0.05, 0.1) is 12.2 Å². The Morgan fingerprint density at radius 3 is 2.86 bits per heavy atom. The minimum Gasteiger partial charge on any atom is -0.465 e. The summed E-state index contributed by atoms with van der Waals surface area (Å²) in [5.74, 6) is 1.93. The quantitative estimate of drug-likeness (QED) is 0.875. The summed E-state index contributed by atoms with van der Waals surface area (Å²) in [6.45, 7) is 6.63. The number of aromatic nitrogens is 1. The van der Waals surface area contributed by atoms with Crippen molar-refractivity contribution in [1.29, 1.82) is 0 Å². The summed E-state index contributed by atoms with van der Waals surface area (Å²) in [6.07, 6.45) is 2.38. The van der Waals surface area contributed by atoms with Crippen molar-refractivity contribution in [2.24, 2.45) is 0 Å². The summed E-state index contributed by atoms with van der Waals surface area (Å²) >= 11 is 0. The van der Waals surface area contributed by atoms with Gasteiger partial charge in [-0.05, 0) is 25.5 Å². The van der Waals surface area contributed by atoms with Crippen LogP contribution in [0.25, 0.3) is 0 Å². The smallest absolute Gasteiger partial charge is 0.124 e. The number of furan rings is 1. The molecule has 120 valence electrons. The van der Waals surface area contributed by atoms with E-state index < -0.39 is 0 Å². The Labute approximate surface area is 130 Å². The van der Waals surface area contributed by atoms with E-state index in [-0.39, 0.29) is 6.61 Å². The summed E-state index contributed by atoms with van der Waals surface area (Å²) in [6, 6.07) is 6.26. The lowest BCUT2D eigenvalue weighted by atomic mass is 10.1. The summed E-state index contributed by atoms with van der Waals surface area (Å²) in [7, 11) is 0. The van der Waals surface area contributed by atoms with Gasteiger partial charge in [-0.15, -0.1) is 0 Å². The van der Waals surface area contributed by atoms with E-state index in [1.807, 2.05) is 25.1 Å². The third kappa shape index (κ3) is 3.76. The third-order valence-electron chi connectivity index (χ3n) is 4.18. The molecule has 1 fully saturated rings. The minimum atomic E-state index is 0.205. The molecular formula is C16H23N3O3. The molecule has 22 heavy (non-hydrogen) atoms. The number of hydrogen-bond donors (Lipinski definition) is 1. The average Bonchev–Trinajstić information content (AvgIpc) is 3.14. The first kappa shape index (κ1) is 15.3. The molecule has 1 unspecified atom stereocenters. The standard InChI is InChI=1S/C16H23N3O3/c1-13-2-3-16(22-13)12-19-7-6-18(11-15(19)4-8-20)10-14-5-9-21-17-14/h2-3,5,9,15,20H,4,6-8,10-12H2,1H3. The second kappa shape index (κ2) is 7.09. The molecular weight excluding hydrogens is 282 g/mol. The zero-order valence-electron chi connectivity index (χ0n) is 12.9. The molecule has 1 saturated heterocycles. The summed E-state index contributed by atoms with van der Waals surface area (Å²) < 4.78 is 10.6. The number of aryl methyl sites for hydroxylation is 1. The highest BCUT2D eigenvalue weighted by molar-refractivity contribution is 5.06. The highest BCUT2D eigenvalue weighted by atomic mass is 16.5. The Bertz CT molecular complexity index is 567. The zero-order valence-corrected chi connectivity index (χ0v) is 12.9. The van der Waals surface area contributed by atoms with Gasteiger partial charge in [0.15, 0.2) is 0 Å². The van der Waals surface area contributed by atoms with Crippen LogP contribution in [0.4, 0.5) is 0 Å². The van der Waals surface area contributed by atoms with Crippen molar-refractivity contribution in [2.45, 2.75) is 32.5 Å². The maximum Gasteiger partial charge on any atom is 0.124 e. The van der Waals surface area contributed by atoms with E-state index in [4.69, 9.17) is 8.94 Å². The molecule has 2 aromatic heterocycles. The van der Waals surface area contributed by atoms with Crippen molar-refractivity contribution in [1.82, 2.24) is 15.0 Å². The maximum absolute atomic E-state index is 9.35. The van der Waals surface area contributed by atoms with Crippen LogP contribution in [0.1, 0.15) is 23.6 Å². The van der Waals surface area contributed by atoms with Crippen LogP contribution in [0.5, 0.6) is 0 Å². The third-order valence-corrected chi connectivity index (χ3v) is 4.18. The average molecular weight is 305 g/mol. The van der Waals surface area contributed by atoms with E-state index >= 15 is 0 Å². The first-order chi connectivity index (χ1) is 10.7. The van der Waals surface area contributed by atoms with Crippen molar-refractivity contribution in [3.05, 3.63) is 41.7 Å².